The molecule has 0 spiro atoms. The Morgan fingerprint density at radius 1 is 1.39 bits per heavy atom. The average Bonchev–Trinajstić information content (AvgIpc) is 2.48. The topological polar surface area (TPSA) is 45.2 Å². The van der Waals surface area contributed by atoms with E-state index in [-0.39, 0.29) is 10.7 Å². The van der Waals surface area contributed by atoms with Crippen molar-refractivity contribution in [2.45, 2.75) is 19.5 Å². The number of hydrogen-bond acceptors (Lipinski definition) is 3. The van der Waals surface area contributed by atoms with Gasteiger partial charge < -0.3 is 10.4 Å². The first kappa shape index (κ1) is 17.5. The van der Waals surface area contributed by atoms with Crippen LogP contribution in [0.4, 0.5) is 18.9 Å². The van der Waals surface area contributed by atoms with Gasteiger partial charge in [-0.05, 0) is 24.1 Å². The van der Waals surface area contributed by atoms with Crippen LogP contribution in [0.1, 0.15) is 23.6 Å². The Morgan fingerprint density at radius 2 is 2.09 bits per heavy atom. The molecule has 0 amide bonds. The molecule has 3 nitrogen and oxygen atoms in total. The molecule has 2 N–H and O–H groups in total. The Morgan fingerprint density at radius 3 is 2.70 bits per heavy atom. The van der Waals surface area contributed by atoms with Gasteiger partial charge >= 0.3 is 6.18 Å². The van der Waals surface area contributed by atoms with E-state index in [9.17, 15) is 18.3 Å². The van der Waals surface area contributed by atoms with Crippen LogP contribution < -0.4 is 5.32 Å². The Labute approximate surface area is 141 Å². The van der Waals surface area contributed by atoms with Crippen LogP contribution in [-0.4, -0.2) is 15.1 Å². The first-order valence-electron chi connectivity index (χ1n) is 6.58. The second kappa shape index (κ2) is 6.72. The molecule has 0 aliphatic rings. The summed E-state index contributed by atoms with van der Waals surface area (Å²) in [5, 5.41) is 11.9. The van der Waals surface area contributed by atoms with Gasteiger partial charge in [-0.1, -0.05) is 30.7 Å². The number of aryl methyl sites for hydroxylation is 1. The molecule has 0 atom stereocenters. The molecular formula is C15H12ClF3N2OS. The minimum atomic E-state index is -4.63. The number of phenolic OH excluding ortho intramolecular Hbond substituents is 1. The van der Waals surface area contributed by atoms with E-state index < -0.39 is 22.5 Å². The van der Waals surface area contributed by atoms with Gasteiger partial charge in [0.2, 0.25) is 0 Å². The van der Waals surface area contributed by atoms with Gasteiger partial charge in [0.05, 0.1) is 16.3 Å². The molecule has 0 saturated carbocycles. The molecular weight excluding hydrogens is 349 g/mol. The molecule has 1 aromatic heterocycles. The summed E-state index contributed by atoms with van der Waals surface area (Å²) in [5.41, 5.74) is 0.271. The highest BCUT2D eigenvalue weighted by Gasteiger charge is 2.34. The van der Waals surface area contributed by atoms with Crippen LogP contribution in [0.5, 0.6) is 5.75 Å². The number of alkyl halides is 3. The van der Waals surface area contributed by atoms with Gasteiger partial charge in [0.15, 0.2) is 0 Å². The lowest BCUT2D eigenvalue weighted by Gasteiger charge is -2.15. The van der Waals surface area contributed by atoms with Crippen LogP contribution in [0, 0.1) is 0 Å². The molecule has 1 heterocycles. The van der Waals surface area contributed by atoms with Crippen LogP contribution in [0.25, 0.3) is 0 Å². The molecule has 2 aromatic rings. The zero-order chi connectivity index (χ0) is 17.2. The number of halogens is 4. The van der Waals surface area contributed by atoms with Crippen LogP contribution in [0.3, 0.4) is 0 Å². The Kier molecular flexibility index (Phi) is 5.11. The minimum absolute atomic E-state index is 0.161. The number of pyridine rings is 1. The summed E-state index contributed by atoms with van der Waals surface area (Å²) >= 11 is 10.8. The first-order chi connectivity index (χ1) is 10.7. The largest absolute Gasteiger partial charge is 0.506 e. The monoisotopic (exact) mass is 360 g/mol. The number of hydrogen-bond donors (Lipinski definition) is 2. The number of thiocarbonyl (C=S) groups is 1. The SMILES string of the molecule is CCc1cnccc1C(=S)Nc1cc(C(F)(F)F)c(Cl)cc1O. The van der Waals surface area contributed by atoms with Crippen molar-refractivity contribution >= 4 is 34.5 Å². The van der Waals surface area contributed by atoms with E-state index in [0.29, 0.717) is 12.0 Å². The number of phenols is 1. The molecule has 122 valence electrons. The van der Waals surface area contributed by atoms with Gasteiger partial charge in [0.1, 0.15) is 10.7 Å². The van der Waals surface area contributed by atoms with Gasteiger partial charge in [0.25, 0.3) is 0 Å². The summed E-state index contributed by atoms with van der Waals surface area (Å²) in [6.45, 7) is 1.91. The van der Waals surface area contributed by atoms with E-state index in [1.807, 2.05) is 6.92 Å². The minimum Gasteiger partial charge on any atom is -0.506 e. The lowest BCUT2D eigenvalue weighted by molar-refractivity contribution is -0.137. The van der Waals surface area contributed by atoms with Crippen LogP contribution in [0.2, 0.25) is 5.02 Å². The number of nitrogens with one attached hydrogen (secondary N) is 1. The fraction of sp³-hybridized carbons (Fsp3) is 0.200. The van der Waals surface area contributed by atoms with E-state index in [4.69, 9.17) is 23.8 Å². The predicted octanol–water partition coefficient (Wildman–Crippen LogP) is 4.81. The smallest absolute Gasteiger partial charge is 0.417 e. The summed E-state index contributed by atoms with van der Waals surface area (Å²) in [4.78, 5) is 4.17. The predicted molar refractivity (Wildman–Crippen MR) is 87.1 cm³/mol. The number of rotatable bonds is 3. The molecule has 0 bridgehead atoms. The molecule has 0 aliphatic carbocycles. The second-order valence-corrected chi connectivity index (χ2v) is 5.50. The summed E-state index contributed by atoms with van der Waals surface area (Å²) in [6, 6.07) is 3.23. The molecule has 0 radical (unpaired) electrons. The average molecular weight is 361 g/mol. The van der Waals surface area contributed by atoms with Crippen molar-refractivity contribution in [3.8, 4) is 5.75 Å². The molecule has 0 unspecified atom stereocenters. The van der Waals surface area contributed by atoms with Crippen molar-refractivity contribution in [2.24, 2.45) is 0 Å². The molecule has 23 heavy (non-hydrogen) atoms. The molecule has 1 aromatic carbocycles. The summed E-state index contributed by atoms with van der Waals surface area (Å²) in [6.07, 6.45) is -0.809. The maximum atomic E-state index is 12.9. The summed E-state index contributed by atoms with van der Waals surface area (Å²) in [5.74, 6) is -0.419. The van der Waals surface area contributed by atoms with Gasteiger partial charge in [0, 0.05) is 24.0 Å². The number of benzene rings is 1. The highest BCUT2D eigenvalue weighted by Crippen LogP contribution is 2.40. The molecule has 2 rings (SSSR count). The number of aromatic nitrogens is 1. The van der Waals surface area contributed by atoms with Crippen LogP contribution in [-0.2, 0) is 12.6 Å². The number of anilines is 1. The number of nitrogens with zero attached hydrogens (tertiary/aromatic N) is 1. The normalized spacial score (nSPS) is 11.3. The zero-order valence-corrected chi connectivity index (χ0v) is 13.5. The third-order valence-electron chi connectivity index (χ3n) is 3.17. The zero-order valence-electron chi connectivity index (χ0n) is 11.9. The molecule has 0 fully saturated rings. The van der Waals surface area contributed by atoms with Crippen molar-refractivity contribution in [3.05, 3.63) is 52.3 Å². The molecule has 0 aliphatic heterocycles. The fourth-order valence-corrected chi connectivity index (χ4v) is 2.57. The summed E-state index contributed by atoms with van der Waals surface area (Å²) < 4.78 is 38.7. The first-order valence-corrected chi connectivity index (χ1v) is 7.36. The molecule has 0 saturated heterocycles. The van der Waals surface area contributed by atoms with Crippen LogP contribution >= 0.6 is 23.8 Å². The van der Waals surface area contributed by atoms with Crippen molar-refractivity contribution in [1.29, 1.82) is 0 Å². The Bertz CT molecular complexity index is 750. The van der Waals surface area contributed by atoms with E-state index in [2.05, 4.69) is 10.3 Å². The quantitative estimate of drug-likeness (QED) is 0.609. The van der Waals surface area contributed by atoms with Gasteiger partial charge in [-0.15, -0.1) is 0 Å². The van der Waals surface area contributed by atoms with E-state index in [1.165, 1.54) is 6.20 Å². The van der Waals surface area contributed by atoms with Crippen molar-refractivity contribution in [1.82, 2.24) is 4.98 Å². The highest BCUT2D eigenvalue weighted by atomic mass is 35.5. The lowest BCUT2D eigenvalue weighted by Crippen LogP contribution is -2.14. The van der Waals surface area contributed by atoms with Crippen LogP contribution in [0.15, 0.2) is 30.6 Å². The Hall–Kier alpha value is -1.86. The van der Waals surface area contributed by atoms with E-state index in [1.54, 1.807) is 12.3 Å². The van der Waals surface area contributed by atoms with Gasteiger partial charge in [-0.25, -0.2) is 0 Å². The van der Waals surface area contributed by atoms with Crippen molar-refractivity contribution in [3.63, 3.8) is 0 Å². The number of aromatic hydroxyl groups is 1. The van der Waals surface area contributed by atoms with E-state index in [0.717, 1.165) is 17.7 Å². The third kappa shape index (κ3) is 3.92. The lowest BCUT2D eigenvalue weighted by atomic mass is 10.1. The molecule has 8 heteroatoms. The standard InChI is InChI=1S/C15H12ClF3N2OS/c1-2-8-7-20-4-3-9(8)14(23)21-12-5-10(15(17,18)19)11(16)6-13(12)22/h3-7,22H,2H2,1H3,(H,21,23). The highest BCUT2D eigenvalue weighted by molar-refractivity contribution is 7.81. The Balaban J connectivity index is 2.38. The van der Waals surface area contributed by atoms with E-state index >= 15 is 0 Å². The van der Waals surface area contributed by atoms with Crippen molar-refractivity contribution < 1.29 is 18.3 Å². The maximum Gasteiger partial charge on any atom is 0.417 e. The third-order valence-corrected chi connectivity index (χ3v) is 3.80. The maximum absolute atomic E-state index is 12.9. The van der Waals surface area contributed by atoms with Gasteiger partial charge in [-0.2, -0.15) is 13.2 Å². The summed E-state index contributed by atoms with van der Waals surface area (Å²) in [7, 11) is 0. The van der Waals surface area contributed by atoms with Crippen molar-refractivity contribution in [2.75, 3.05) is 5.32 Å². The van der Waals surface area contributed by atoms with Gasteiger partial charge in [-0.3, -0.25) is 4.98 Å². The second-order valence-electron chi connectivity index (χ2n) is 4.69. The fourth-order valence-electron chi connectivity index (χ4n) is 2.00.